The molecule has 1 aromatic carbocycles. The number of nitrogens with one attached hydrogen (secondary N) is 1. The van der Waals surface area contributed by atoms with Crippen molar-refractivity contribution < 1.29 is 8.42 Å². The second-order valence-corrected chi connectivity index (χ2v) is 7.14. The minimum Gasteiger partial charge on any atom is -0.303 e. The van der Waals surface area contributed by atoms with E-state index in [0.717, 1.165) is 11.3 Å². The molecule has 0 aliphatic carbocycles. The fourth-order valence-corrected chi connectivity index (χ4v) is 3.63. The molecule has 0 spiro atoms. The van der Waals surface area contributed by atoms with E-state index in [0.29, 0.717) is 0 Å². The molecule has 110 valence electrons. The highest BCUT2D eigenvalue weighted by atomic mass is 32.2. The van der Waals surface area contributed by atoms with Crippen molar-refractivity contribution in [3.8, 4) is 5.69 Å². The zero-order chi connectivity index (χ0) is 14.9. The van der Waals surface area contributed by atoms with Crippen LogP contribution in [0, 0.1) is 0 Å². The van der Waals surface area contributed by atoms with Gasteiger partial charge in [0.1, 0.15) is 0 Å². The predicted octanol–water partition coefficient (Wildman–Crippen LogP) is 1.83. The van der Waals surface area contributed by atoms with E-state index in [1.54, 1.807) is 12.3 Å². The average Bonchev–Trinajstić information content (AvgIpc) is 3.07. The van der Waals surface area contributed by atoms with E-state index < -0.39 is 9.84 Å². The lowest BCUT2D eigenvalue weighted by Crippen LogP contribution is -2.32. The second kappa shape index (κ2) is 5.46. The maximum atomic E-state index is 11.4. The molecule has 1 aromatic heterocycles. The largest absolute Gasteiger partial charge is 0.303 e. The Morgan fingerprint density at radius 2 is 2.10 bits per heavy atom. The summed E-state index contributed by atoms with van der Waals surface area (Å²) >= 11 is 0. The summed E-state index contributed by atoms with van der Waals surface area (Å²) < 4.78 is 24.6. The molecule has 2 unspecified atom stereocenters. The third-order valence-electron chi connectivity index (χ3n) is 3.52. The Kier molecular flexibility index (Phi) is 3.65. The van der Waals surface area contributed by atoms with Crippen molar-refractivity contribution in [2.75, 3.05) is 5.75 Å². The van der Waals surface area contributed by atoms with Gasteiger partial charge >= 0.3 is 0 Å². The third kappa shape index (κ3) is 3.22. The Labute approximate surface area is 124 Å². The van der Waals surface area contributed by atoms with Crippen molar-refractivity contribution in [3.05, 3.63) is 59.8 Å². The van der Waals surface area contributed by atoms with Gasteiger partial charge in [-0.1, -0.05) is 24.3 Å². The zero-order valence-electron chi connectivity index (χ0n) is 11.7. The van der Waals surface area contributed by atoms with Crippen LogP contribution in [-0.4, -0.2) is 30.0 Å². The summed E-state index contributed by atoms with van der Waals surface area (Å²) in [5.74, 6) is 0.129. The second-order valence-electron chi connectivity index (χ2n) is 5.21. The van der Waals surface area contributed by atoms with Crippen LogP contribution in [0.15, 0.2) is 54.2 Å². The topological polar surface area (TPSA) is 64.0 Å². The number of aromatic nitrogens is 2. The van der Waals surface area contributed by atoms with E-state index in [1.165, 1.54) is 5.41 Å². The highest BCUT2D eigenvalue weighted by molar-refractivity contribution is 7.94. The number of hydrogen-bond donors (Lipinski definition) is 1. The molecule has 3 rings (SSSR count). The number of para-hydroxylation sites is 1. The summed E-state index contributed by atoms with van der Waals surface area (Å²) in [5, 5.41) is 8.93. The summed E-state index contributed by atoms with van der Waals surface area (Å²) in [6, 6.07) is 9.77. The van der Waals surface area contributed by atoms with Crippen LogP contribution in [0.2, 0.25) is 0 Å². The minimum absolute atomic E-state index is 0.0328. The molecule has 5 nitrogen and oxygen atoms in total. The molecule has 0 fully saturated rings. The first kappa shape index (κ1) is 14.0. The van der Waals surface area contributed by atoms with E-state index in [9.17, 15) is 8.42 Å². The molecule has 0 radical (unpaired) electrons. The molecule has 21 heavy (non-hydrogen) atoms. The smallest absolute Gasteiger partial charge is 0.173 e. The highest BCUT2D eigenvalue weighted by Crippen LogP contribution is 2.17. The van der Waals surface area contributed by atoms with Gasteiger partial charge in [-0.25, -0.2) is 13.1 Å². The Balaban J connectivity index is 1.70. The molecule has 2 atom stereocenters. The summed E-state index contributed by atoms with van der Waals surface area (Å²) in [4.78, 5) is 0. The van der Waals surface area contributed by atoms with E-state index in [1.807, 2.05) is 48.1 Å². The molecule has 0 amide bonds. The molecule has 0 saturated heterocycles. The van der Waals surface area contributed by atoms with Crippen LogP contribution in [0.3, 0.4) is 0 Å². The SMILES string of the molecule is CC(NC1C=CS(=O)(=O)C1)c1cnn(-c2ccccc2)c1. The van der Waals surface area contributed by atoms with Gasteiger partial charge in [-0.05, 0) is 19.1 Å². The molecule has 0 saturated carbocycles. The highest BCUT2D eigenvalue weighted by Gasteiger charge is 2.23. The minimum atomic E-state index is -3.02. The van der Waals surface area contributed by atoms with Crippen molar-refractivity contribution in [2.45, 2.75) is 19.0 Å². The lowest BCUT2D eigenvalue weighted by Gasteiger charge is -2.16. The first-order valence-corrected chi connectivity index (χ1v) is 8.52. The van der Waals surface area contributed by atoms with Gasteiger partial charge in [0.05, 0.1) is 17.6 Å². The molecule has 2 heterocycles. The molecule has 1 aliphatic heterocycles. The lowest BCUT2D eigenvalue weighted by molar-refractivity contribution is 0.535. The van der Waals surface area contributed by atoms with Gasteiger partial charge < -0.3 is 5.32 Å². The van der Waals surface area contributed by atoms with Crippen molar-refractivity contribution in [1.29, 1.82) is 0 Å². The van der Waals surface area contributed by atoms with Crippen LogP contribution in [0.4, 0.5) is 0 Å². The number of hydrogen-bond acceptors (Lipinski definition) is 4. The summed E-state index contributed by atoms with van der Waals surface area (Å²) in [6.45, 7) is 2.01. The van der Waals surface area contributed by atoms with Gasteiger partial charge in [-0.15, -0.1) is 0 Å². The Morgan fingerprint density at radius 3 is 2.76 bits per heavy atom. The first-order valence-electron chi connectivity index (χ1n) is 6.80. The van der Waals surface area contributed by atoms with E-state index in [4.69, 9.17) is 0 Å². The van der Waals surface area contributed by atoms with Gasteiger partial charge in [0.15, 0.2) is 9.84 Å². The van der Waals surface area contributed by atoms with Gasteiger partial charge in [0.2, 0.25) is 0 Å². The molecule has 1 aliphatic rings. The Hall–Kier alpha value is -1.92. The average molecular weight is 303 g/mol. The van der Waals surface area contributed by atoms with Crippen LogP contribution < -0.4 is 5.32 Å². The fraction of sp³-hybridized carbons (Fsp3) is 0.267. The number of rotatable bonds is 4. The molecular formula is C15H17N3O2S. The van der Waals surface area contributed by atoms with Gasteiger partial charge in [0.25, 0.3) is 0 Å². The standard InChI is InChI=1S/C15H17N3O2S/c1-12(17-14-7-8-21(19,20)11-14)13-9-16-18(10-13)15-5-3-2-4-6-15/h2-10,12,14,17H,11H2,1H3. The monoisotopic (exact) mass is 303 g/mol. The summed E-state index contributed by atoms with van der Waals surface area (Å²) in [7, 11) is -3.02. The summed E-state index contributed by atoms with van der Waals surface area (Å²) in [6.07, 6.45) is 5.46. The van der Waals surface area contributed by atoms with Gasteiger partial charge in [-0.2, -0.15) is 5.10 Å². The number of nitrogens with zero attached hydrogens (tertiary/aromatic N) is 2. The van der Waals surface area contributed by atoms with Crippen LogP contribution >= 0.6 is 0 Å². The number of sulfone groups is 1. The third-order valence-corrected chi connectivity index (χ3v) is 4.91. The van der Waals surface area contributed by atoms with Gasteiger partial charge in [0, 0.05) is 29.3 Å². The maximum absolute atomic E-state index is 11.4. The Bertz CT molecular complexity index is 750. The molecule has 2 aromatic rings. The predicted molar refractivity (Wildman–Crippen MR) is 81.8 cm³/mol. The van der Waals surface area contributed by atoms with Crippen molar-refractivity contribution >= 4 is 9.84 Å². The maximum Gasteiger partial charge on any atom is 0.173 e. The van der Waals surface area contributed by atoms with Crippen LogP contribution in [0.1, 0.15) is 18.5 Å². The first-order chi connectivity index (χ1) is 10.0. The van der Waals surface area contributed by atoms with E-state index >= 15 is 0 Å². The van der Waals surface area contributed by atoms with E-state index in [2.05, 4.69) is 10.4 Å². The normalized spacial score (nSPS) is 21.5. The molecule has 0 bridgehead atoms. The van der Waals surface area contributed by atoms with Gasteiger partial charge in [-0.3, -0.25) is 0 Å². The van der Waals surface area contributed by atoms with Crippen molar-refractivity contribution in [2.24, 2.45) is 0 Å². The van der Waals surface area contributed by atoms with Crippen molar-refractivity contribution in [1.82, 2.24) is 15.1 Å². The van der Waals surface area contributed by atoms with E-state index in [-0.39, 0.29) is 17.8 Å². The quantitative estimate of drug-likeness (QED) is 0.936. The zero-order valence-corrected chi connectivity index (χ0v) is 12.5. The molecule has 1 N–H and O–H groups in total. The number of benzene rings is 1. The van der Waals surface area contributed by atoms with Crippen LogP contribution in [0.25, 0.3) is 5.69 Å². The molecular weight excluding hydrogens is 286 g/mol. The lowest BCUT2D eigenvalue weighted by atomic mass is 10.1. The van der Waals surface area contributed by atoms with Crippen molar-refractivity contribution in [3.63, 3.8) is 0 Å². The van der Waals surface area contributed by atoms with Crippen LogP contribution in [-0.2, 0) is 9.84 Å². The Morgan fingerprint density at radius 1 is 1.33 bits per heavy atom. The fourth-order valence-electron chi connectivity index (χ4n) is 2.38. The molecule has 6 heteroatoms. The summed E-state index contributed by atoms with van der Waals surface area (Å²) in [5.41, 5.74) is 2.02. The van der Waals surface area contributed by atoms with Crippen LogP contribution in [0.5, 0.6) is 0 Å².